The van der Waals surface area contributed by atoms with Crippen molar-refractivity contribution in [1.29, 1.82) is 0 Å². The van der Waals surface area contributed by atoms with E-state index in [-0.39, 0.29) is 0 Å². The van der Waals surface area contributed by atoms with Gasteiger partial charge in [-0.3, -0.25) is 0 Å². The highest BCUT2D eigenvalue weighted by atomic mass is 16.5. The number of aromatic carboxylic acids is 1. The Morgan fingerprint density at radius 1 is 1.47 bits per heavy atom. The fourth-order valence-corrected chi connectivity index (χ4v) is 1.68. The molecule has 19 heavy (non-hydrogen) atoms. The Bertz CT molecular complexity index is 566. The molecule has 0 radical (unpaired) electrons. The summed E-state index contributed by atoms with van der Waals surface area (Å²) in [5.74, 6) is 0.316. The zero-order valence-electron chi connectivity index (χ0n) is 10.6. The number of benzene rings is 1. The van der Waals surface area contributed by atoms with Crippen LogP contribution in [-0.2, 0) is 13.0 Å². The Morgan fingerprint density at radius 3 is 3.00 bits per heavy atom. The summed E-state index contributed by atoms with van der Waals surface area (Å²) in [5.41, 5.74) is 1.23. The van der Waals surface area contributed by atoms with E-state index in [9.17, 15) is 4.79 Å². The van der Waals surface area contributed by atoms with Crippen molar-refractivity contribution in [3.63, 3.8) is 0 Å². The fraction of sp³-hybridized carbons (Fsp3) is 0.308. The molecule has 0 spiro atoms. The van der Waals surface area contributed by atoms with Crippen LogP contribution in [0.2, 0.25) is 0 Å². The minimum Gasteiger partial charge on any atom is -0.478 e. The first-order chi connectivity index (χ1) is 9.15. The molecule has 0 bridgehead atoms. The summed E-state index contributed by atoms with van der Waals surface area (Å²) in [6, 6.07) is 6.86. The first kappa shape index (κ1) is 13.2. The van der Waals surface area contributed by atoms with Gasteiger partial charge in [0.1, 0.15) is 0 Å². The molecule has 100 valence electrons. The van der Waals surface area contributed by atoms with Gasteiger partial charge in [-0.25, -0.2) is 4.79 Å². The highest BCUT2D eigenvalue weighted by molar-refractivity contribution is 5.87. The van der Waals surface area contributed by atoms with E-state index in [1.165, 1.54) is 0 Å². The van der Waals surface area contributed by atoms with Gasteiger partial charge in [0.2, 0.25) is 5.89 Å². The molecule has 1 heterocycles. The van der Waals surface area contributed by atoms with Crippen LogP contribution in [0.25, 0.3) is 0 Å². The summed E-state index contributed by atoms with van der Waals surface area (Å²) >= 11 is 0. The predicted molar refractivity (Wildman–Crippen MR) is 67.8 cm³/mol. The molecule has 2 N–H and O–H groups in total. The lowest BCUT2D eigenvalue weighted by atomic mass is 10.1. The summed E-state index contributed by atoms with van der Waals surface area (Å²) in [6.45, 7) is 3.07. The normalized spacial score (nSPS) is 10.6. The Morgan fingerprint density at radius 2 is 2.32 bits per heavy atom. The topological polar surface area (TPSA) is 88.2 Å². The molecule has 0 unspecified atom stereocenters. The highest BCUT2D eigenvalue weighted by Crippen LogP contribution is 2.05. The predicted octanol–water partition coefficient (Wildman–Crippen LogP) is 1.41. The standard InChI is InChI=1S/C13H15N3O3/c1-9-15-12(19-16-9)5-6-14-8-10-3-2-4-11(7-10)13(17)18/h2-4,7,14H,5-6,8H2,1H3,(H,17,18). The van der Waals surface area contributed by atoms with Gasteiger partial charge in [0, 0.05) is 19.5 Å². The zero-order valence-corrected chi connectivity index (χ0v) is 10.6. The maximum atomic E-state index is 10.8. The lowest BCUT2D eigenvalue weighted by Gasteiger charge is -2.04. The van der Waals surface area contributed by atoms with Crippen molar-refractivity contribution >= 4 is 5.97 Å². The Balaban J connectivity index is 1.79. The second-order valence-corrected chi connectivity index (χ2v) is 4.17. The maximum absolute atomic E-state index is 10.8. The lowest BCUT2D eigenvalue weighted by molar-refractivity contribution is 0.0696. The Labute approximate surface area is 110 Å². The molecule has 0 aliphatic carbocycles. The van der Waals surface area contributed by atoms with Crippen LogP contribution in [0.1, 0.15) is 27.6 Å². The van der Waals surface area contributed by atoms with E-state index < -0.39 is 5.97 Å². The van der Waals surface area contributed by atoms with E-state index in [1.54, 1.807) is 25.1 Å². The van der Waals surface area contributed by atoms with E-state index in [4.69, 9.17) is 9.63 Å². The summed E-state index contributed by atoms with van der Waals surface area (Å²) in [4.78, 5) is 14.9. The molecule has 2 aromatic rings. The first-order valence-electron chi connectivity index (χ1n) is 5.97. The molecular formula is C13H15N3O3. The van der Waals surface area contributed by atoms with Crippen molar-refractivity contribution in [2.24, 2.45) is 0 Å². The number of carboxylic acids is 1. The highest BCUT2D eigenvalue weighted by Gasteiger charge is 2.04. The van der Waals surface area contributed by atoms with Gasteiger partial charge in [-0.05, 0) is 24.6 Å². The largest absolute Gasteiger partial charge is 0.478 e. The van der Waals surface area contributed by atoms with Crippen molar-refractivity contribution in [3.05, 3.63) is 47.1 Å². The van der Waals surface area contributed by atoms with Gasteiger partial charge in [0.05, 0.1) is 5.56 Å². The minimum atomic E-state index is -0.914. The second kappa shape index (κ2) is 6.10. The summed E-state index contributed by atoms with van der Waals surface area (Å²) in [7, 11) is 0. The average Bonchev–Trinajstić information content (AvgIpc) is 2.81. The number of carbonyl (C=O) groups is 1. The van der Waals surface area contributed by atoms with Gasteiger partial charge in [-0.15, -0.1) is 0 Å². The molecule has 0 amide bonds. The minimum absolute atomic E-state index is 0.298. The molecular weight excluding hydrogens is 246 g/mol. The number of nitrogens with one attached hydrogen (secondary N) is 1. The SMILES string of the molecule is Cc1noc(CCNCc2cccc(C(=O)O)c2)n1. The molecule has 2 rings (SSSR count). The van der Waals surface area contributed by atoms with Crippen molar-refractivity contribution in [3.8, 4) is 0 Å². The van der Waals surface area contributed by atoms with E-state index in [0.717, 1.165) is 5.56 Å². The van der Waals surface area contributed by atoms with Crippen LogP contribution in [0.4, 0.5) is 0 Å². The van der Waals surface area contributed by atoms with Gasteiger partial charge in [-0.1, -0.05) is 17.3 Å². The third-order valence-electron chi connectivity index (χ3n) is 2.59. The van der Waals surface area contributed by atoms with Gasteiger partial charge in [0.25, 0.3) is 0 Å². The molecule has 1 aromatic carbocycles. The average molecular weight is 261 g/mol. The monoisotopic (exact) mass is 261 g/mol. The number of hydrogen-bond donors (Lipinski definition) is 2. The molecule has 6 heteroatoms. The van der Waals surface area contributed by atoms with Crippen LogP contribution in [0.3, 0.4) is 0 Å². The lowest BCUT2D eigenvalue weighted by Crippen LogP contribution is -2.17. The van der Waals surface area contributed by atoms with E-state index in [0.29, 0.717) is 36.8 Å². The molecule has 0 saturated heterocycles. The van der Waals surface area contributed by atoms with Crippen LogP contribution in [0.5, 0.6) is 0 Å². The van der Waals surface area contributed by atoms with Gasteiger partial charge in [-0.2, -0.15) is 4.98 Å². The van der Waals surface area contributed by atoms with E-state index in [2.05, 4.69) is 15.5 Å². The number of aryl methyl sites for hydroxylation is 1. The van der Waals surface area contributed by atoms with Crippen LogP contribution in [0.15, 0.2) is 28.8 Å². The van der Waals surface area contributed by atoms with Crippen LogP contribution < -0.4 is 5.32 Å². The fourth-order valence-electron chi connectivity index (χ4n) is 1.68. The zero-order chi connectivity index (χ0) is 13.7. The molecule has 6 nitrogen and oxygen atoms in total. The third kappa shape index (κ3) is 3.89. The summed E-state index contributed by atoms with van der Waals surface area (Å²) in [6.07, 6.45) is 0.652. The number of nitrogens with zero attached hydrogens (tertiary/aromatic N) is 2. The molecule has 0 aliphatic heterocycles. The van der Waals surface area contributed by atoms with Crippen LogP contribution in [-0.4, -0.2) is 27.8 Å². The molecule has 0 aliphatic rings. The number of hydrogen-bond acceptors (Lipinski definition) is 5. The first-order valence-corrected chi connectivity index (χ1v) is 5.97. The van der Waals surface area contributed by atoms with Crippen LogP contribution in [0, 0.1) is 6.92 Å². The molecule has 0 fully saturated rings. The van der Waals surface area contributed by atoms with E-state index >= 15 is 0 Å². The van der Waals surface area contributed by atoms with Crippen molar-refractivity contribution in [2.45, 2.75) is 19.9 Å². The van der Waals surface area contributed by atoms with E-state index in [1.807, 2.05) is 6.07 Å². The number of aromatic nitrogens is 2. The summed E-state index contributed by atoms with van der Waals surface area (Å²) in [5, 5.41) is 15.8. The van der Waals surface area contributed by atoms with Gasteiger partial charge < -0.3 is 14.9 Å². The second-order valence-electron chi connectivity index (χ2n) is 4.17. The van der Waals surface area contributed by atoms with Gasteiger partial charge >= 0.3 is 5.97 Å². The smallest absolute Gasteiger partial charge is 0.335 e. The number of carboxylic acid groups (broad SMARTS) is 1. The maximum Gasteiger partial charge on any atom is 0.335 e. The Kier molecular flexibility index (Phi) is 4.25. The third-order valence-corrected chi connectivity index (χ3v) is 2.59. The number of rotatable bonds is 6. The quantitative estimate of drug-likeness (QED) is 0.764. The Hall–Kier alpha value is -2.21. The van der Waals surface area contributed by atoms with Crippen molar-refractivity contribution in [2.75, 3.05) is 6.54 Å². The molecule has 1 aromatic heterocycles. The van der Waals surface area contributed by atoms with Gasteiger partial charge in [0.15, 0.2) is 5.82 Å². The van der Waals surface area contributed by atoms with Crippen molar-refractivity contribution in [1.82, 2.24) is 15.5 Å². The molecule has 0 atom stereocenters. The molecule has 0 saturated carbocycles. The summed E-state index contributed by atoms with van der Waals surface area (Å²) < 4.78 is 4.99. The van der Waals surface area contributed by atoms with Crippen LogP contribution >= 0.6 is 0 Å². The van der Waals surface area contributed by atoms with Crippen molar-refractivity contribution < 1.29 is 14.4 Å².